The van der Waals surface area contributed by atoms with Crippen molar-refractivity contribution in [3.8, 4) is 11.3 Å². The van der Waals surface area contributed by atoms with Gasteiger partial charge >= 0.3 is 5.97 Å². The minimum atomic E-state index is -0.384. The van der Waals surface area contributed by atoms with Gasteiger partial charge in [-0.25, -0.2) is 4.39 Å². The number of nitrogens with zero attached hydrogens (tertiary/aromatic N) is 1. The molecule has 7 heteroatoms. The Labute approximate surface area is 152 Å². The van der Waals surface area contributed by atoms with Crippen LogP contribution in [0.15, 0.2) is 64.0 Å². The van der Waals surface area contributed by atoms with Crippen LogP contribution in [0.25, 0.3) is 11.3 Å². The summed E-state index contributed by atoms with van der Waals surface area (Å²) in [5, 5.41) is 4.52. The first-order valence-electron chi connectivity index (χ1n) is 7.36. The number of hydrogen-bond donors (Lipinski definition) is 0. The van der Waals surface area contributed by atoms with Gasteiger partial charge in [-0.15, -0.1) is 11.8 Å². The molecule has 25 heavy (non-hydrogen) atoms. The molecule has 4 nitrogen and oxygen atoms in total. The van der Waals surface area contributed by atoms with Crippen LogP contribution in [-0.2, 0) is 16.1 Å². The molecule has 128 valence electrons. The fraction of sp³-hybridized carbons (Fsp3) is 0.111. The zero-order valence-corrected chi connectivity index (χ0v) is 14.5. The zero-order chi connectivity index (χ0) is 17.6. The van der Waals surface area contributed by atoms with E-state index < -0.39 is 0 Å². The predicted molar refractivity (Wildman–Crippen MR) is 93.9 cm³/mol. The van der Waals surface area contributed by atoms with Crippen molar-refractivity contribution < 1.29 is 18.4 Å². The molecule has 0 spiro atoms. The summed E-state index contributed by atoms with van der Waals surface area (Å²) in [6, 6.07) is 14.8. The van der Waals surface area contributed by atoms with E-state index in [2.05, 4.69) is 5.16 Å². The van der Waals surface area contributed by atoms with Crippen LogP contribution in [0.2, 0.25) is 5.02 Å². The summed E-state index contributed by atoms with van der Waals surface area (Å²) in [4.78, 5) is 12.6. The zero-order valence-electron chi connectivity index (χ0n) is 12.9. The van der Waals surface area contributed by atoms with E-state index in [0.29, 0.717) is 16.5 Å². The van der Waals surface area contributed by atoms with E-state index in [9.17, 15) is 9.18 Å². The molecule has 0 N–H and O–H groups in total. The van der Waals surface area contributed by atoms with E-state index >= 15 is 0 Å². The van der Waals surface area contributed by atoms with Crippen LogP contribution in [0.5, 0.6) is 0 Å². The molecule has 0 aliphatic heterocycles. The average molecular weight is 378 g/mol. The Kier molecular flexibility index (Phi) is 5.73. The standard InChI is InChI=1S/C18H13ClFNO3S/c19-13-3-1-12(2-4-13)17-9-15(21-24-17)10-23-18(22)11-25-16-7-5-14(20)6-8-16/h1-9H,10-11H2. The van der Waals surface area contributed by atoms with Crippen LogP contribution in [0, 0.1) is 5.82 Å². The first-order chi connectivity index (χ1) is 12.1. The van der Waals surface area contributed by atoms with Crippen LogP contribution in [0.1, 0.15) is 5.69 Å². The monoisotopic (exact) mass is 377 g/mol. The van der Waals surface area contributed by atoms with Gasteiger partial charge in [-0.3, -0.25) is 4.79 Å². The van der Waals surface area contributed by atoms with Gasteiger partial charge in [0.2, 0.25) is 0 Å². The van der Waals surface area contributed by atoms with Crippen molar-refractivity contribution in [2.75, 3.05) is 5.75 Å². The Morgan fingerprint density at radius 1 is 1.16 bits per heavy atom. The predicted octanol–water partition coefficient (Wildman–Crippen LogP) is 4.97. The van der Waals surface area contributed by atoms with Crippen molar-refractivity contribution in [3.63, 3.8) is 0 Å². The van der Waals surface area contributed by atoms with Gasteiger partial charge in [0.05, 0.1) is 5.75 Å². The average Bonchev–Trinajstić information content (AvgIpc) is 3.09. The molecule has 0 saturated heterocycles. The van der Waals surface area contributed by atoms with Gasteiger partial charge in [0.15, 0.2) is 5.76 Å². The second-order valence-corrected chi connectivity index (χ2v) is 6.58. The van der Waals surface area contributed by atoms with E-state index in [0.717, 1.165) is 10.5 Å². The lowest BCUT2D eigenvalue weighted by Gasteiger charge is -2.02. The minimum Gasteiger partial charge on any atom is -0.458 e. The maximum Gasteiger partial charge on any atom is 0.316 e. The molecule has 0 saturated carbocycles. The van der Waals surface area contributed by atoms with Crippen molar-refractivity contribution in [1.82, 2.24) is 5.16 Å². The quantitative estimate of drug-likeness (QED) is 0.448. The summed E-state index contributed by atoms with van der Waals surface area (Å²) < 4.78 is 23.2. The molecule has 0 unspecified atom stereocenters. The summed E-state index contributed by atoms with van der Waals surface area (Å²) in [6.07, 6.45) is 0. The maximum absolute atomic E-state index is 12.8. The summed E-state index contributed by atoms with van der Waals surface area (Å²) in [7, 11) is 0. The molecule has 3 aromatic rings. The number of ether oxygens (including phenoxy) is 1. The maximum atomic E-state index is 12.8. The molecule has 0 aliphatic carbocycles. The summed E-state index contributed by atoms with van der Waals surface area (Å²) in [5.41, 5.74) is 1.35. The molecule has 0 radical (unpaired) electrons. The first-order valence-corrected chi connectivity index (χ1v) is 8.72. The van der Waals surface area contributed by atoms with E-state index in [4.69, 9.17) is 20.9 Å². The van der Waals surface area contributed by atoms with E-state index in [1.54, 1.807) is 30.3 Å². The van der Waals surface area contributed by atoms with Gasteiger partial charge in [-0.2, -0.15) is 0 Å². The smallest absolute Gasteiger partial charge is 0.316 e. The number of aromatic nitrogens is 1. The highest BCUT2D eigenvalue weighted by Crippen LogP contribution is 2.23. The molecule has 3 rings (SSSR count). The Morgan fingerprint density at radius 2 is 1.88 bits per heavy atom. The van der Waals surface area contributed by atoms with E-state index in [1.165, 1.54) is 23.9 Å². The van der Waals surface area contributed by atoms with Crippen molar-refractivity contribution >= 4 is 29.3 Å². The highest BCUT2D eigenvalue weighted by atomic mass is 35.5. The molecule has 0 atom stereocenters. The second kappa shape index (κ2) is 8.18. The number of halogens is 2. The largest absolute Gasteiger partial charge is 0.458 e. The van der Waals surface area contributed by atoms with Gasteiger partial charge in [-0.1, -0.05) is 16.8 Å². The highest BCUT2D eigenvalue weighted by molar-refractivity contribution is 8.00. The van der Waals surface area contributed by atoms with Crippen LogP contribution < -0.4 is 0 Å². The summed E-state index contributed by atoms with van der Waals surface area (Å²) >= 11 is 7.12. The fourth-order valence-corrected chi connectivity index (χ4v) is 2.82. The topological polar surface area (TPSA) is 52.3 Å². The number of thioether (sulfide) groups is 1. The van der Waals surface area contributed by atoms with Gasteiger partial charge < -0.3 is 9.26 Å². The second-order valence-electron chi connectivity index (χ2n) is 5.09. The van der Waals surface area contributed by atoms with Crippen LogP contribution >= 0.6 is 23.4 Å². The van der Waals surface area contributed by atoms with Crippen molar-refractivity contribution in [2.24, 2.45) is 0 Å². The highest BCUT2D eigenvalue weighted by Gasteiger charge is 2.10. The van der Waals surface area contributed by atoms with E-state index in [1.807, 2.05) is 12.1 Å². The van der Waals surface area contributed by atoms with Gasteiger partial charge in [-0.05, 0) is 48.5 Å². The number of benzene rings is 2. The van der Waals surface area contributed by atoms with Crippen molar-refractivity contribution in [1.29, 1.82) is 0 Å². The van der Waals surface area contributed by atoms with Crippen LogP contribution in [0.4, 0.5) is 4.39 Å². The normalized spacial score (nSPS) is 10.6. The lowest BCUT2D eigenvalue weighted by atomic mass is 10.2. The number of rotatable bonds is 6. The lowest BCUT2D eigenvalue weighted by Crippen LogP contribution is -2.07. The third kappa shape index (κ3) is 5.08. The van der Waals surface area contributed by atoms with Gasteiger partial charge in [0, 0.05) is 21.5 Å². The first kappa shape index (κ1) is 17.5. The van der Waals surface area contributed by atoms with Crippen LogP contribution in [-0.4, -0.2) is 16.9 Å². The van der Waals surface area contributed by atoms with Gasteiger partial charge in [0.1, 0.15) is 18.1 Å². The molecular formula is C18H13ClFNO3S. The van der Waals surface area contributed by atoms with Gasteiger partial charge in [0.25, 0.3) is 0 Å². The number of esters is 1. The Bertz CT molecular complexity index is 850. The van der Waals surface area contributed by atoms with Crippen LogP contribution in [0.3, 0.4) is 0 Å². The third-order valence-electron chi connectivity index (χ3n) is 3.24. The molecule has 0 aliphatic rings. The Balaban J connectivity index is 1.49. The number of hydrogen-bond acceptors (Lipinski definition) is 5. The molecule has 0 bridgehead atoms. The molecule has 0 amide bonds. The molecule has 0 fully saturated rings. The summed E-state index contributed by atoms with van der Waals surface area (Å²) in [5.74, 6) is 0.0104. The molecule has 1 aromatic heterocycles. The van der Waals surface area contributed by atoms with E-state index in [-0.39, 0.29) is 24.1 Å². The minimum absolute atomic E-state index is 0.0277. The SMILES string of the molecule is O=C(CSc1ccc(F)cc1)OCc1cc(-c2ccc(Cl)cc2)on1. The molecule has 2 aromatic carbocycles. The van der Waals surface area contributed by atoms with Crippen molar-refractivity contribution in [2.45, 2.75) is 11.5 Å². The fourth-order valence-electron chi connectivity index (χ4n) is 2.00. The van der Waals surface area contributed by atoms with Crippen molar-refractivity contribution in [3.05, 3.63) is 71.1 Å². The number of carbonyl (C=O) groups excluding carboxylic acids is 1. The number of carbonyl (C=O) groups is 1. The lowest BCUT2D eigenvalue weighted by molar-refractivity contribution is -0.141. The molecule has 1 heterocycles. The summed E-state index contributed by atoms with van der Waals surface area (Å²) in [6.45, 7) is 0.0277. The molecular weight excluding hydrogens is 365 g/mol. The third-order valence-corrected chi connectivity index (χ3v) is 4.48. The Morgan fingerprint density at radius 3 is 2.60 bits per heavy atom. The Hall–Kier alpha value is -2.31.